The Kier molecular flexibility index (Phi) is 1.29. The summed E-state index contributed by atoms with van der Waals surface area (Å²) >= 11 is 0. The van der Waals surface area contributed by atoms with Gasteiger partial charge in [-0.05, 0) is 5.41 Å². The standard InChI is InChI=1S/C3H4S2/c1-2-4-5-3-1/h1-2H,3H2/p+1. The van der Waals surface area contributed by atoms with Crippen molar-refractivity contribution in [1.29, 1.82) is 0 Å². The van der Waals surface area contributed by atoms with Crippen LogP contribution in [0.2, 0.25) is 0 Å². The fourth-order valence-electron chi connectivity index (χ4n) is 0.196. The van der Waals surface area contributed by atoms with E-state index in [0.29, 0.717) is 0 Å². The lowest BCUT2D eigenvalue weighted by Crippen LogP contribution is -1.46. The maximum absolute atomic E-state index is 2.16. The molecule has 0 aromatic carbocycles. The first-order chi connectivity index (χ1) is 2.50. The van der Waals surface area contributed by atoms with Gasteiger partial charge in [-0.2, -0.15) is 0 Å². The van der Waals surface area contributed by atoms with Crippen LogP contribution in [0.25, 0.3) is 0 Å². The van der Waals surface area contributed by atoms with Crippen LogP contribution in [0.3, 0.4) is 0 Å². The first kappa shape index (κ1) is 3.62. The van der Waals surface area contributed by atoms with Gasteiger partial charge in [-0.25, -0.2) is 0 Å². The normalized spacial score (nSPS) is 20.8. The lowest BCUT2D eigenvalue weighted by Gasteiger charge is -1.69. The van der Waals surface area contributed by atoms with Gasteiger partial charge in [0.15, 0.2) is 0 Å². The molecule has 2 heteroatoms. The third-order valence-corrected chi connectivity index (χ3v) is 2.30. The van der Waals surface area contributed by atoms with Crippen LogP contribution in [0, 0.1) is 0 Å². The van der Waals surface area contributed by atoms with Crippen molar-refractivity contribution in [2.75, 3.05) is 5.75 Å². The molecule has 0 unspecified atom stereocenters. The van der Waals surface area contributed by atoms with E-state index in [0.717, 1.165) is 0 Å². The molecule has 0 fully saturated rings. The highest BCUT2D eigenvalue weighted by Crippen LogP contribution is 2.27. The van der Waals surface area contributed by atoms with Crippen molar-refractivity contribution in [1.82, 2.24) is 0 Å². The summed E-state index contributed by atoms with van der Waals surface area (Å²) in [5.74, 6) is 1.20. The molecule has 1 heterocycles. The topological polar surface area (TPSA) is 0 Å². The first-order valence-corrected chi connectivity index (χ1v) is 3.81. The predicted octanol–water partition coefficient (Wildman–Crippen LogP) is 2.01. The average molecular weight is 105 g/mol. The summed E-state index contributed by atoms with van der Waals surface area (Å²) < 4.78 is 0. The summed E-state index contributed by atoms with van der Waals surface area (Å²) in [6.07, 6.45) is 2.16. The summed E-state index contributed by atoms with van der Waals surface area (Å²) in [5.41, 5.74) is 0. The molecule has 0 bridgehead atoms. The molecule has 0 N–H and O–H groups in total. The van der Waals surface area contributed by atoms with Gasteiger partial charge in [-0.3, -0.25) is 0 Å². The van der Waals surface area contributed by atoms with Crippen molar-refractivity contribution < 1.29 is 1.43 Å². The molecular formula is C3H5S2+. The average Bonchev–Trinajstić information content (AvgIpc) is 1.76. The summed E-state index contributed by atoms with van der Waals surface area (Å²) in [6, 6.07) is 0. The van der Waals surface area contributed by atoms with Gasteiger partial charge in [0, 0.05) is 5.75 Å². The van der Waals surface area contributed by atoms with Crippen LogP contribution in [-0.2, 0) is 0 Å². The van der Waals surface area contributed by atoms with E-state index in [1.165, 1.54) is 5.75 Å². The fraction of sp³-hybridized carbons (Fsp3) is 0.333. The monoisotopic (exact) mass is 105 g/mol. The van der Waals surface area contributed by atoms with Crippen LogP contribution in [0.15, 0.2) is 11.5 Å². The SMILES string of the molecule is C1=CSSC1.[H+]. The van der Waals surface area contributed by atoms with Crippen LogP contribution in [-0.4, -0.2) is 5.75 Å². The second kappa shape index (κ2) is 1.78. The van der Waals surface area contributed by atoms with Crippen molar-refractivity contribution in [2.24, 2.45) is 0 Å². The van der Waals surface area contributed by atoms with Gasteiger partial charge in [0.05, 0.1) is 0 Å². The van der Waals surface area contributed by atoms with Gasteiger partial charge in [0.2, 0.25) is 0 Å². The molecule has 28 valence electrons. The molecule has 0 amide bonds. The van der Waals surface area contributed by atoms with Crippen LogP contribution in [0.5, 0.6) is 0 Å². The Morgan fingerprint density at radius 2 is 2.80 bits per heavy atom. The highest BCUT2D eigenvalue weighted by Gasteiger charge is 1.85. The zero-order valence-corrected chi connectivity index (χ0v) is 4.31. The minimum atomic E-state index is 0. The van der Waals surface area contributed by atoms with E-state index in [-0.39, 0.29) is 1.43 Å². The highest BCUT2D eigenvalue weighted by molar-refractivity contribution is 8.78. The Labute approximate surface area is 40.9 Å². The minimum Gasteiger partial charge on any atom is -0.0854 e. The summed E-state index contributed by atoms with van der Waals surface area (Å²) in [7, 11) is 3.69. The fourth-order valence-corrected chi connectivity index (χ4v) is 1.77. The van der Waals surface area contributed by atoms with Crippen molar-refractivity contribution in [3.8, 4) is 0 Å². The summed E-state index contributed by atoms with van der Waals surface area (Å²) in [6.45, 7) is 0. The van der Waals surface area contributed by atoms with Crippen molar-refractivity contribution >= 4 is 21.6 Å². The third kappa shape index (κ3) is 0.893. The third-order valence-electron chi connectivity index (χ3n) is 0.384. The van der Waals surface area contributed by atoms with Crippen molar-refractivity contribution in [3.05, 3.63) is 11.5 Å². The molecule has 0 aliphatic carbocycles. The minimum absolute atomic E-state index is 0. The Balaban J connectivity index is 0.000000250. The zero-order valence-electron chi connectivity index (χ0n) is 3.68. The lowest BCUT2D eigenvalue weighted by atomic mass is 10.8. The molecule has 0 atom stereocenters. The molecule has 0 nitrogen and oxygen atoms in total. The van der Waals surface area contributed by atoms with E-state index in [4.69, 9.17) is 0 Å². The summed E-state index contributed by atoms with van der Waals surface area (Å²) in [4.78, 5) is 0. The number of rotatable bonds is 0. The molecule has 0 saturated carbocycles. The Hall–Kier alpha value is 0.440. The van der Waals surface area contributed by atoms with Crippen LogP contribution >= 0.6 is 21.6 Å². The van der Waals surface area contributed by atoms with Gasteiger partial charge >= 0.3 is 1.43 Å². The highest BCUT2D eigenvalue weighted by atomic mass is 33.1. The lowest BCUT2D eigenvalue weighted by molar-refractivity contribution is 1.85. The Bertz CT molecular complexity index is 46.8. The van der Waals surface area contributed by atoms with Gasteiger partial charge in [0.1, 0.15) is 0 Å². The smallest absolute Gasteiger partial charge is 0.0854 e. The molecule has 0 radical (unpaired) electrons. The molecular weight excluding hydrogens is 100 g/mol. The van der Waals surface area contributed by atoms with Crippen LogP contribution < -0.4 is 0 Å². The van der Waals surface area contributed by atoms with Gasteiger partial charge in [-0.1, -0.05) is 27.7 Å². The maximum Gasteiger partial charge on any atom is 1.00 e. The zero-order chi connectivity index (χ0) is 3.54. The first-order valence-electron chi connectivity index (χ1n) is 1.43. The molecule has 1 aliphatic heterocycles. The molecule has 0 aromatic rings. The molecule has 5 heavy (non-hydrogen) atoms. The molecule has 0 aromatic heterocycles. The largest absolute Gasteiger partial charge is 1.00 e. The van der Waals surface area contributed by atoms with E-state index in [1.54, 1.807) is 0 Å². The quantitative estimate of drug-likeness (QED) is 0.432. The van der Waals surface area contributed by atoms with E-state index in [9.17, 15) is 0 Å². The molecule has 0 saturated heterocycles. The second-order valence-corrected chi connectivity index (χ2v) is 3.07. The molecule has 1 aliphatic rings. The van der Waals surface area contributed by atoms with E-state index in [1.807, 2.05) is 21.6 Å². The number of hydrogen-bond donors (Lipinski definition) is 0. The van der Waals surface area contributed by atoms with E-state index < -0.39 is 0 Å². The van der Waals surface area contributed by atoms with E-state index >= 15 is 0 Å². The Morgan fingerprint density at radius 1 is 1.80 bits per heavy atom. The van der Waals surface area contributed by atoms with Crippen LogP contribution in [0.1, 0.15) is 1.43 Å². The number of hydrogen-bond acceptors (Lipinski definition) is 2. The van der Waals surface area contributed by atoms with E-state index in [2.05, 4.69) is 11.5 Å². The van der Waals surface area contributed by atoms with Gasteiger partial charge in [-0.15, -0.1) is 0 Å². The summed E-state index contributed by atoms with van der Waals surface area (Å²) in [5, 5.41) is 2.12. The molecule has 1 rings (SSSR count). The molecule has 0 spiro atoms. The van der Waals surface area contributed by atoms with Gasteiger partial charge < -0.3 is 0 Å². The second-order valence-electron chi connectivity index (χ2n) is 0.753. The maximum atomic E-state index is 2.16. The van der Waals surface area contributed by atoms with Crippen molar-refractivity contribution in [2.45, 2.75) is 0 Å². The Morgan fingerprint density at radius 3 is 3.00 bits per heavy atom. The van der Waals surface area contributed by atoms with Gasteiger partial charge in [0.25, 0.3) is 0 Å². The van der Waals surface area contributed by atoms with Crippen molar-refractivity contribution in [3.63, 3.8) is 0 Å². The predicted molar refractivity (Wildman–Crippen MR) is 30.3 cm³/mol. The van der Waals surface area contributed by atoms with Crippen LogP contribution in [0.4, 0.5) is 0 Å².